The van der Waals surface area contributed by atoms with E-state index in [4.69, 9.17) is 23.2 Å². The SMILES string of the molecule is C[C@@H]1CCCC[C@H]1NC(=O)[C@H](C)S(=O)(=O)Cc1ccc(Cl)c(Cl)c1. The van der Waals surface area contributed by atoms with Crippen LogP contribution in [0.25, 0.3) is 0 Å². The molecule has 1 aromatic rings. The summed E-state index contributed by atoms with van der Waals surface area (Å²) in [7, 11) is -3.62. The van der Waals surface area contributed by atoms with Crippen LogP contribution in [-0.2, 0) is 20.4 Å². The van der Waals surface area contributed by atoms with E-state index in [9.17, 15) is 13.2 Å². The number of carbonyl (C=O) groups is 1. The summed E-state index contributed by atoms with van der Waals surface area (Å²) < 4.78 is 25.0. The highest BCUT2D eigenvalue weighted by atomic mass is 35.5. The quantitative estimate of drug-likeness (QED) is 0.824. The van der Waals surface area contributed by atoms with Crippen molar-refractivity contribution in [2.45, 2.75) is 56.6 Å². The Labute approximate surface area is 153 Å². The number of rotatable bonds is 5. The zero-order valence-corrected chi connectivity index (χ0v) is 16.2. The first-order valence-corrected chi connectivity index (χ1v) is 10.6. The lowest BCUT2D eigenvalue weighted by atomic mass is 9.86. The maximum Gasteiger partial charge on any atom is 0.238 e. The van der Waals surface area contributed by atoms with Crippen molar-refractivity contribution in [1.29, 1.82) is 0 Å². The van der Waals surface area contributed by atoms with Gasteiger partial charge in [0.15, 0.2) is 9.84 Å². The molecule has 1 aliphatic carbocycles. The van der Waals surface area contributed by atoms with Crippen molar-refractivity contribution in [1.82, 2.24) is 5.32 Å². The number of nitrogens with one attached hydrogen (secondary N) is 1. The van der Waals surface area contributed by atoms with Gasteiger partial charge in [0.05, 0.1) is 15.8 Å². The second kappa shape index (κ2) is 8.07. The zero-order valence-electron chi connectivity index (χ0n) is 13.9. The van der Waals surface area contributed by atoms with Gasteiger partial charge in [0.25, 0.3) is 0 Å². The molecular weight excluding hydrogens is 369 g/mol. The molecule has 3 atom stereocenters. The fraction of sp³-hybridized carbons (Fsp3) is 0.588. The predicted molar refractivity (Wildman–Crippen MR) is 98.1 cm³/mol. The van der Waals surface area contributed by atoms with Crippen LogP contribution >= 0.6 is 23.2 Å². The van der Waals surface area contributed by atoms with E-state index >= 15 is 0 Å². The number of benzene rings is 1. The van der Waals surface area contributed by atoms with Gasteiger partial charge in [0.1, 0.15) is 5.25 Å². The lowest BCUT2D eigenvalue weighted by Gasteiger charge is -2.30. The minimum absolute atomic E-state index is 0.0638. The average Bonchev–Trinajstić information content (AvgIpc) is 2.52. The smallest absolute Gasteiger partial charge is 0.238 e. The van der Waals surface area contributed by atoms with Gasteiger partial charge in [-0.3, -0.25) is 4.79 Å². The number of carbonyl (C=O) groups excluding carboxylic acids is 1. The van der Waals surface area contributed by atoms with Crippen molar-refractivity contribution in [3.8, 4) is 0 Å². The van der Waals surface area contributed by atoms with Crippen LogP contribution in [0, 0.1) is 5.92 Å². The first kappa shape index (κ1) is 19.5. The Morgan fingerprint density at radius 1 is 1.25 bits per heavy atom. The van der Waals surface area contributed by atoms with Crippen molar-refractivity contribution in [3.05, 3.63) is 33.8 Å². The fourth-order valence-electron chi connectivity index (χ4n) is 2.98. The molecule has 0 heterocycles. The van der Waals surface area contributed by atoms with Crippen molar-refractivity contribution in [2.24, 2.45) is 5.92 Å². The molecule has 1 N–H and O–H groups in total. The van der Waals surface area contributed by atoms with Gasteiger partial charge in [0.2, 0.25) is 5.91 Å². The molecule has 1 aromatic carbocycles. The van der Waals surface area contributed by atoms with E-state index in [0.717, 1.165) is 19.3 Å². The second-order valence-electron chi connectivity index (χ2n) is 6.57. The van der Waals surface area contributed by atoms with Gasteiger partial charge in [0, 0.05) is 6.04 Å². The topological polar surface area (TPSA) is 63.2 Å². The molecule has 1 saturated carbocycles. The number of sulfone groups is 1. The van der Waals surface area contributed by atoms with Crippen LogP contribution in [0.2, 0.25) is 10.0 Å². The fourth-order valence-corrected chi connectivity index (χ4v) is 4.59. The van der Waals surface area contributed by atoms with E-state index in [1.54, 1.807) is 12.1 Å². The molecule has 134 valence electrons. The van der Waals surface area contributed by atoms with Crippen molar-refractivity contribution >= 4 is 38.9 Å². The molecule has 0 spiro atoms. The van der Waals surface area contributed by atoms with Gasteiger partial charge in [-0.05, 0) is 43.4 Å². The number of halogens is 2. The molecule has 0 aliphatic heterocycles. The molecule has 0 saturated heterocycles. The molecule has 2 rings (SSSR count). The Morgan fingerprint density at radius 2 is 1.92 bits per heavy atom. The van der Waals surface area contributed by atoms with E-state index in [1.807, 2.05) is 0 Å². The Balaban J connectivity index is 2.04. The highest BCUT2D eigenvalue weighted by Crippen LogP contribution is 2.25. The summed E-state index contributed by atoms with van der Waals surface area (Å²) in [5, 5.41) is 2.49. The molecule has 0 bridgehead atoms. The molecule has 7 heteroatoms. The third-order valence-electron chi connectivity index (χ3n) is 4.70. The third-order valence-corrected chi connectivity index (χ3v) is 7.47. The molecule has 0 unspecified atom stereocenters. The largest absolute Gasteiger partial charge is 0.352 e. The summed E-state index contributed by atoms with van der Waals surface area (Å²) in [6.45, 7) is 3.54. The predicted octanol–water partition coefficient (Wildman–Crippen LogP) is 3.99. The third kappa shape index (κ3) is 4.87. The molecule has 24 heavy (non-hydrogen) atoms. The summed E-state index contributed by atoms with van der Waals surface area (Å²) in [5.74, 6) is -0.278. The lowest BCUT2D eigenvalue weighted by molar-refractivity contribution is -0.121. The van der Waals surface area contributed by atoms with Gasteiger partial charge in [-0.2, -0.15) is 0 Å². The van der Waals surface area contributed by atoms with Crippen LogP contribution in [-0.4, -0.2) is 25.6 Å². The first-order chi connectivity index (χ1) is 11.2. The average molecular weight is 392 g/mol. The summed E-state index contributed by atoms with van der Waals surface area (Å²) in [4.78, 5) is 12.4. The summed E-state index contributed by atoms with van der Waals surface area (Å²) in [5.41, 5.74) is 0.523. The van der Waals surface area contributed by atoms with Crippen molar-refractivity contribution in [3.63, 3.8) is 0 Å². The Morgan fingerprint density at radius 3 is 2.54 bits per heavy atom. The van der Waals surface area contributed by atoms with E-state index in [0.29, 0.717) is 21.5 Å². The van der Waals surface area contributed by atoms with E-state index in [-0.39, 0.29) is 11.8 Å². The van der Waals surface area contributed by atoms with Crippen LogP contribution in [0.4, 0.5) is 0 Å². The molecule has 1 amide bonds. The highest BCUT2D eigenvalue weighted by molar-refractivity contribution is 7.92. The molecule has 0 aromatic heterocycles. The zero-order chi connectivity index (χ0) is 17.9. The Hall–Kier alpha value is -0.780. The van der Waals surface area contributed by atoms with Crippen LogP contribution in [0.1, 0.15) is 45.1 Å². The molecule has 0 radical (unpaired) electrons. The van der Waals surface area contributed by atoms with Crippen LogP contribution in [0.15, 0.2) is 18.2 Å². The number of amides is 1. The molecule has 1 fully saturated rings. The van der Waals surface area contributed by atoms with Crippen LogP contribution in [0.5, 0.6) is 0 Å². The second-order valence-corrected chi connectivity index (χ2v) is 9.71. The van der Waals surface area contributed by atoms with Crippen LogP contribution in [0.3, 0.4) is 0 Å². The van der Waals surface area contributed by atoms with E-state index in [2.05, 4.69) is 12.2 Å². The molecule has 4 nitrogen and oxygen atoms in total. The standard InChI is InChI=1S/C17H23Cl2NO3S/c1-11-5-3-4-6-16(11)20-17(21)12(2)24(22,23)10-13-7-8-14(18)15(19)9-13/h7-9,11-12,16H,3-6,10H2,1-2H3,(H,20,21)/t11-,12+,16-/m1/s1. The molecule has 1 aliphatic rings. The summed E-state index contributed by atoms with van der Waals surface area (Å²) in [6, 6.07) is 4.76. The number of hydrogen-bond acceptors (Lipinski definition) is 3. The van der Waals surface area contributed by atoms with Gasteiger partial charge in [-0.1, -0.05) is 49.0 Å². The highest BCUT2D eigenvalue weighted by Gasteiger charge is 2.31. The maximum atomic E-state index is 12.5. The normalized spacial score (nSPS) is 22.8. The minimum atomic E-state index is -3.62. The van der Waals surface area contributed by atoms with Gasteiger partial charge in [-0.15, -0.1) is 0 Å². The van der Waals surface area contributed by atoms with Crippen LogP contribution < -0.4 is 5.32 Å². The van der Waals surface area contributed by atoms with E-state index in [1.165, 1.54) is 19.4 Å². The first-order valence-electron chi connectivity index (χ1n) is 8.16. The van der Waals surface area contributed by atoms with Crippen molar-refractivity contribution in [2.75, 3.05) is 0 Å². The Kier molecular flexibility index (Phi) is 6.57. The minimum Gasteiger partial charge on any atom is -0.352 e. The lowest BCUT2D eigenvalue weighted by Crippen LogP contribution is -2.47. The summed E-state index contributed by atoms with van der Waals surface area (Å²) >= 11 is 11.8. The summed E-state index contributed by atoms with van der Waals surface area (Å²) in [6.07, 6.45) is 4.21. The number of hydrogen-bond donors (Lipinski definition) is 1. The molecular formula is C17H23Cl2NO3S. The monoisotopic (exact) mass is 391 g/mol. The van der Waals surface area contributed by atoms with Gasteiger partial charge >= 0.3 is 0 Å². The van der Waals surface area contributed by atoms with E-state index < -0.39 is 21.0 Å². The van der Waals surface area contributed by atoms with Crippen molar-refractivity contribution < 1.29 is 13.2 Å². The van der Waals surface area contributed by atoms with Gasteiger partial charge in [-0.25, -0.2) is 8.42 Å². The maximum absolute atomic E-state index is 12.5. The van der Waals surface area contributed by atoms with Gasteiger partial charge < -0.3 is 5.32 Å². The Bertz CT molecular complexity index is 706.